The van der Waals surface area contributed by atoms with Crippen molar-refractivity contribution in [1.29, 1.82) is 0 Å². The molecule has 2 aromatic carbocycles. The maximum atomic E-state index is 4.68. The second kappa shape index (κ2) is 5.72. The highest BCUT2D eigenvalue weighted by Gasteiger charge is 2.43. The average molecular weight is 400 g/mol. The molecule has 0 fully saturated rings. The summed E-state index contributed by atoms with van der Waals surface area (Å²) >= 11 is 3.92. The van der Waals surface area contributed by atoms with Crippen LogP contribution in [-0.2, 0) is 5.41 Å². The van der Waals surface area contributed by atoms with E-state index in [4.69, 9.17) is 0 Å². The standard InChI is InChI=1S/C19H19BrN3P/c1-19(2)15-11-7-8-12-16(15)22(3)18(19)17-13-21-23(24(17)20)14-9-5-4-6-10-14/h4-13H,1-3H3/b18-17+. The third kappa shape index (κ3) is 2.24. The molecule has 0 spiro atoms. The molecule has 1 unspecified atom stereocenters. The molecule has 0 aliphatic carbocycles. The average Bonchev–Trinajstić information content (AvgIpc) is 3.05. The van der Waals surface area contributed by atoms with Crippen molar-refractivity contribution in [1.82, 2.24) is 0 Å². The fraction of sp³-hybridized carbons (Fsp3) is 0.211. The van der Waals surface area contributed by atoms with Crippen LogP contribution in [0.3, 0.4) is 0 Å². The van der Waals surface area contributed by atoms with Gasteiger partial charge in [0.25, 0.3) is 0 Å². The third-order valence-corrected chi connectivity index (χ3v) is 8.19. The number of para-hydroxylation sites is 2. The summed E-state index contributed by atoms with van der Waals surface area (Å²) in [6.45, 7) is 3.89. The van der Waals surface area contributed by atoms with Crippen LogP contribution in [0.1, 0.15) is 19.4 Å². The number of rotatable bonds is 1. The van der Waals surface area contributed by atoms with Crippen LogP contribution in [-0.4, -0.2) is 13.3 Å². The molecule has 122 valence electrons. The molecule has 2 heterocycles. The lowest BCUT2D eigenvalue weighted by Crippen LogP contribution is -2.24. The normalized spacial score (nSPS) is 24.6. The second-order valence-corrected chi connectivity index (χ2v) is 9.96. The maximum Gasteiger partial charge on any atom is 0.122 e. The highest BCUT2D eigenvalue weighted by Crippen LogP contribution is 2.63. The van der Waals surface area contributed by atoms with Crippen molar-refractivity contribution < 1.29 is 0 Å². The molecular formula is C19H19BrN3P. The van der Waals surface area contributed by atoms with E-state index in [1.165, 1.54) is 22.3 Å². The summed E-state index contributed by atoms with van der Waals surface area (Å²) in [6, 6.07) is 19.0. The number of hydrogen-bond acceptors (Lipinski definition) is 3. The molecule has 0 bridgehead atoms. The van der Waals surface area contributed by atoms with Gasteiger partial charge in [0.2, 0.25) is 0 Å². The number of benzene rings is 2. The molecule has 4 rings (SSSR count). The topological polar surface area (TPSA) is 18.8 Å². The summed E-state index contributed by atoms with van der Waals surface area (Å²) in [4.78, 5) is 2.32. The fourth-order valence-corrected chi connectivity index (χ4v) is 6.64. The SMILES string of the molecule is CN1/C(=C2\C=NN(c3ccccc3)P2Br)C(C)(C)c2ccccc21. The van der Waals surface area contributed by atoms with Gasteiger partial charge in [-0.3, -0.25) is 0 Å². The van der Waals surface area contributed by atoms with Crippen LogP contribution in [0, 0.1) is 0 Å². The van der Waals surface area contributed by atoms with Crippen molar-refractivity contribution in [2.45, 2.75) is 19.3 Å². The summed E-state index contributed by atoms with van der Waals surface area (Å²) < 4.78 is 2.09. The number of anilines is 2. The van der Waals surface area contributed by atoms with E-state index in [2.05, 4.69) is 87.6 Å². The summed E-state index contributed by atoms with van der Waals surface area (Å²) in [5.74, 6) is 0. The van der Waals surface area contributed by atoms with Crippen LogP contribution in [0.2, 0.25) is 0 Å². The second-order valence-electron chi connectivity index (χ2n) is 6.56. The predicted molar refractivity (Wildman–Crippen MR) is 108 cm³/mol. The lowest BCUT2D eigenvalue weighted by atomic mass is 9.84. The van der Waals surface area contributed by atoms with E-state index in [-0.39, 0.29) is 5.41 Å². The molecule has 0 N–H and O–H groups in total. The first-order valence-electron chi connectivity index (χ1n) is 7.95. The number of hydrazone groups is 1. The van der Waals surface area contributed by atoms with Gasteiger partial charge in [-0.05, 0) is 39.3 Å². The van der Waals surface area contributed by atoms with Gasteiger partial charge in [0, 0.05) is 29.2 Å². The Kier molecular flexibility index (Phi) is 3.78. The van der Waals surface area contributed by atoms with Crippen LogP contribution < -0.4 is 9.68 Å². The van der Waals surface area contributed by atoms with E-state index in [9.17, 15) is 0 Å². The van der Waals surface area contributed by atoms with Crippen molar-refractivity contribution in [3.8, 4) is 0 Å². The third-order valence-electron chi connectivity index (χ3n) is 4.75. The van der Waals surface area contributed by atoms with Gasteiger partial charge >= 0.3 is 0 Å². The quantitative estimate of drug-likeness (QED) is 0.561. The van der Waals surface area contributed by atoms with E-state index in [1.54, 1.807) is 0 Å². The molecule has 24 heavy (non-hydrogen) atoms. The van der Waals surface area contributed by atoms with Crippen molar-refractivity contribution in [3.05, 3.63) is 71.2 Å². The first-order valence-corrected chi connectivity index (χ1v) is 11.3. The maximum absolute atomic E-state index is 4.68. The number of hydrogen-bond donors (Lipinski definition) is 0. The van der Waals surface area contributed by atoms with Crippen LogP contribution >= 0.6 is 22.3 Å². The van der Waals surface area contributed by atoms with Crippen LogP contribution in [0.5, 0.6) is 0 Å². The number of likely N-dealkylation sites (N-methyl/N-ethyl adjacent to an activating group) is 1. The number of nitrogens with zero attached hydrogens (tertiary/aromatic N) is 3. The summed E-state index contributed by atoms with van der Waals surface area (Å²) in [5.41, 5.74) is 5.07. The Hall–Kier alpha value is -1.64. The van der Waals surface area contributed by atoms with Gasteiger partial charge < -0.3 is 4.90 Å². The molecular weight excluding hydrogens is 381 g/mol. The molecule has 0 radical (unpaired) electrons. The zero-order valence-corrected chi connectivity index (χ0v) is 16.4. The minimum atomic E-state index is -0.705. The largest absolute Gasteiger partial charge is 0.346 e. The van der Waals surface area contributed by atoms with Gasteiger partial charge in [0.05, 0.1) is 11.9 Å². The summed E-state index contributed by atoms with van der Waals surface area (Å²) in [6.07, 6.45) is 2.02. The van der Waals surface area contributed by atoms with E-state index < -0.39 is 6.77 Å². The molecule has 5 heteroatoms. The first kappa shape index (κ1) is 15.9. The van der Waals surface area contributed by atoms with E-state index in [0.717, 1.165) is 5.69 Å². The van der Waals surface area contributed by atoms with Crippen LogP contribution in [0.15, 0.2) is 70.7 Å². The van der Waals surface area contributed by atoms with Crippen molar-refractivity contribution in [2.24, 2.45) is 5.10 Å². The van der Waals surface area contributed by atoms with Gasteiger partial charge in [-0.25, -0.2) is 4.78 Å². The monoisotopic (exact) mass is 399 g/mol. The van der Waals surface area contributed by atoms with Crippen LogP contribution in [0.25, 0.3) is 0 Å². The summed E-state index contributed by atoms with van der Waals surface area (Å²) in [5, 5.41) is 5.96. The molecule has 0 amide bonds. The number of allylic oxidation sites excluding steroid dienone is 2. The van der Waals surface area contributed by atoms with Gasteiger partial charge in [0.15, 0.2) is 0 Å². The van der Waals surface area contributed by atoms with Crippen molar-refractivity contribution >= 4 is 39.9 Å². The number of halogens is 1. The Morgan fingerprint density at radius 2 is 1.67 bits per heavy atom. The Labute approximate surface area is 152 Å². The molecule has 0 saturated carbocycles. The van der Waals surface area contributed by atoms with E-state index >= 15 is 0 Å². The lowest BCUT2D eigenvalue weighted by molar-refractivity contribution is 0.640. The van der Waals surface area contributed by atoms with Gasteiger partial charge in [-0.1, -0.05) is 50.2 Å². The van der Waals surface area contributed by atoms with Gasteiger partial charge in [-0.15, -0.1) is 0 Å². The first-order chi connectivity index (χ1) is 11.5. The molecule has 0 saturated heterocycles. The minimum Gasteiger partial charge on any atom is -0.346 e. The predicted octanol–water partition coefficient (Wildman–Crippen LogP) is 5.84. The zero-order valence-electron chi connectivity index (χ0n) is 13.9. The molecule has 3 nitrogen and oxygen atoms in total. The molecule has 2 aromatic rings. The Bertz CT molecular complexity index is 845. The molecule has 2 aliphatic heterocycles. The van der Waals surface area contributed by atoms with Crippen molar-refractivity contribution in [2.75, 3.05) is 16.7 Å². The number of fused-ring (bicyclic) bond motifs is 1. The highest BCUT2D eigenvalue weighted by atomic mass is 79.9. The van der Waals surface area contributed by atoms with E-state index in [1.807, 2.05) is 24.4 Å². The van der Waals surface area contributed by atoms with E-state index in [0.29, 0.717) is 0 Å². The van der Waals surface area contributed by atoms with Crippen molar-refractivity contribution in [3.63, 3.8) is 0 Å². The van der Waals surface area contributed by atoms with Crippen LogP contribution in [0.4, 0.5) is 11.4 Å². The minimum absolute atomic E-state index is 0.0340. The van der Waals surface area contributed by atoms with Gasteiger partial charge in [-0.2, -0.15) is 5.10 Å². The lowest BCUT2D eigenvalue weighted by Gasteiger charge is -2.28. The molecule has 1 atom stereocenters. The Morgan fingerprint density at radius 1 is 1.00 bits per heavy atom. The Balaban J connectivity index is 1.80. The summed E-state index contributed by atoms with van der Waals surface area (Å²) in [7, 11) is 2.16. The molecule has 2 aliphatic rings. The Morgan fingerprint density at radius 3 is 2.38 bits per heavy atom. The zero-order chi connectivity index (χ0) is 16.9. The fourth-order valence-electron chi connectivity index (χ4n) is 3.64. The van der Waals surface area contributed by atoms with Gasteiger partial charge in [0.1, 0.15) is 6.77 Å². The highest BCUT2D eigenvalue weighted by molar-refractivity contribution is 9.40. The smallest absolute Gasteiger partial charge is 0.122 e. The molecule has 0 aromatic heterocycles.